The summed E-state index contributed by atoms with van der Waals surface area (Å²) in [6, 6.07) is 7.45. The Morgan fingerprint density at radius 1 is 1.09 bits per heavy atom. The first-order chi connectivity index (χ1) is 24.8. The Hall–Kier alpha value is -5.94. The molecule has 7 rings (SSSR count). The van der Waals surface area contributed by atoms with Gasteiger partial charge in [0, 0.05) is 28.5 Å². The van der Waals surface area contributed by atoms with Crippen LogP contribution in [-0.4, -0.2) is 46.0 Å². The lowest BCUT2D eigenvalue weighted by Gasteiger charge is -2.24. The van der Waals surface area contributed by atoms with Crippen LogP contribution in [0.5, 0.6) is 0 Å². The van der Waals surface area contributed by atoms with E-state index in [2.05, 4.69) is 49.3 Å². The lowest BCUT2D eigenvalue weighted by atomic mass is 9.84. The van der Waals surface area contributed by atoms with Crippen molar-refractivity contribution in [3.05, 3.63) is 104 Å². The van der Waals surface area contributed by atoms with E-state index in [0.717, 1.165) is 12.1 Å². The number of fused-ring (bicyclic) bond motifs is 4. The van der Waals surface area contributed by atoms with Gasteiger partial charge in [-0.3, -0.25) is 9.48 Å². The predicted octanol–water partition coefficient (Wildman–Crippen LogP) is 4.93. The Kier molecular flexibility index (Phi) is 8.26. The summed E-state index contributed by atoms with van der Waals surface area (Å²) in [5.41, 5.74) is -4.04. The molecule has 0 aliphatic heterocycles. The van der Waals surface area contributed by atoms with Gasteiger partial charge < -0.3 is 10.4 Å². The second-order valence-corrected chi connectivity index (χ2v) is 13.2. The van der Waals surface area contributed by atoms with Crippen LogP contribution < -0.4 is 11.0 Å². The molecular formula is C36H26F7N7O3. The van der Waals surface area contributed by atoms with Gasteiger partial charge in [-0.1, -0.05) is 17.8 Å². The van der Waals surface area contributed by atoms with Crippen LogP contribution in [0.2, 0.25) is 0 Å². The molecule has 0 fully saturated rings. The number of rotatable bonds is 7. The lowest BCUT2D eigenvalue weighted by molar-refractivity contribution is -0.142. The highest BCUT2D eigenvalue weighted by Crippen LogP contribution is 2.58. The van der Waals surface area contributed by atoms with Crippen LogP contribution in [0.25, 0.3) is 16.8 Å². The molecule has 0 bridgehead atoms. The zero-order valence-electron chi connectivity index (χ0n) is 27.8. The van der Waals surface area contributed by atoms with E-state index in [0.29, 0.717) is 22.0 Å². The summed E-state index contributed by atoms with van der Waals surface area (Å²) in [6.45, 7) is 3.35. The largest absolute Gasteiger partial charge is 0.435 e. The summed E-state index contributed by atoms with van der Waals surface area (Å²) in [7, 11) is 0. The lowest BCUT2D eigenvalue weighted by Crippen LogP contribution is -2.36. The molecule has 3 atom stereocenters. The van der Waals surface area contributed by atoms with Crippen molar-refractivity contribution >= 4 is 11.6 Å². The number of aryl methyl sites for hydroxylation is 1. The standard InChI is InChI=1S/C36H26F7N7O3/c1-17-22(7-9-27-46-47-33(52)50(17)27)23-5-4-21(10-11-34(2,3)53)44-30(23)26(14-18-12-19(37)15-20(38)13-18)45-28(51)16-49-32-29(31(48-49)36(41,42)43)24-6-8-25(24)35(32,39)40/h4-5,7,9,12-13,15,24-26,53H,14,16H2,1-3H3,(H,45,51)(H,47,52)/t24-,25+,26-/m0/s1. The van der Waals surface area contributed by atoms with Crippen LogP contribution in [-0.2, 0) is 29.9 Å². The van der Waals surface area contributed by atoms with Crippen LogP contribution >= 0.6 is 0 Å². The normalized spacial score (nSPS) is 17.6. The van der Waals surface area contributed by atoms with E-state index in [9.17, 15) is 36.6 Å². The molecular weight excluding hydrogens is 711 g/mol. The third-order valence-corrected chi connectivity index (χ3v) is 8.86. The van der Waals surface area contributed by atoms with Gasteiger partial charge in [-0.05, 0) is 75.1 Å². The molecule has 2 aliphatic carbocycles. The second-order valence-electron chi connectivity index (χ2n) is 13.2. The van der Waals surface area contributed by atoms with Crippen LogP contribution in [0.3, 0.4) is 0 Å². The Morgan fingerprint density at radius 3 is 2.43 bits per heavy atom. The van der Waals surface area contributed by atoms with Gasteiger partial charge in [0.05, 0.1) is 17.7 Å². The number of hydrogen-bond donors (Lipinski definition) is 3. The molecule has 17 heteroatoms. The monoisotopic (exact) mass is 737 g/mol. The van der Waals surface area contributed by atoms with Crippen molar-refractivity contribution in [3.63, 3.8) is 0 Å². The number of pyridine rings is 2. The van der Waals surface area contributed by atoms with Crippen LogP contribution in [0.15, 0.2) is 47.3 Å². The number of benzene rings is 1. The Balaban J connectivity index is 1.36. The van der Waals surface area contributed by atoms with Gasteiger partial charge in [-0.2, -0.15) is 32.1 Å². The molecule has 4 aromatic heterocycles. The third kappa shape index (κ3) is 6.42. The number of nitrogens with zero attached hydrogens (tertiary/aromatic N) is 5. The summed E-state index contributed by atoms with van der Waals surface area (Å²) >= 11 is 0. The SMILES string of the molecule is Cc1c(-c2ccc(C#CC(C)(C)O)nc2[C@H](Cc2cc(F)cc(F)c2)NC(=O)Cn2nc(C(F)(F)F)c3c2C(F)(F)[C@@H]2C#C[C@H]32)ccc2n[nH]c(=O)n12. The van der Waals surface area contributed by atoms with Gasteiger partial charge in [0.2, 0.25) is 5.91 Å². The Bertz CT molecular complexity index is 2500. The molecule has 4 heterocycles. The number of aromatic nitrogens is 6. The highest BCUT2D eigenvalue weighted by molar-refractivity contribution is 5.78. The number of nitrogens with one attached hydrogen (secondary N) is 2. The Morgan fingerprint density at radius 2 is 1.79 bits per heavy atom. The first-order valence-electron chi connectivity index (χ1n) is 16.0. The molecule has 0 spiro atoms. The quantitative estimate of drug-likeness (QED) is 0.161. The van der Waals surface area contributed by atoms with Crippen molar-refractivity contribution in [2.24, 2.45) is 5.92 Å². The van der Waals surface area contributed by atoms with Gasteiger partial charge in [0.1, 0.15) is 41.1 Å². The molecule has 5 aromatic rings. The van der Waals surface area contributed by atoms with Gasteiger partial charge in [0.15, 0.2) is 11.3 Å². The minimum absolute atomic E-state index is 0.0167. The molecule has 3 N–H and O–H groups in total. The molecule has 272 valence electrons. The molecule has 0 saturated carbocycles. The van der Waals surface area contributed by atoms with E-state index in [1.807, 2.05) is 0 Å². The maximum absolute atomic E-state index is 15.4. The molecule has 10 nitrogen and oxygen atoms in total. The third-order valence-electron chi connectivity index (χ3n) is 8.86. The first-order valence-corrected chi connectivity index (χ1v) is 16.0. The number of H-pyrrole nitrogens is 1. The number of aliphatic hydroxyl groups is 1. The smallest absolute Gasteiger partial charge is 0.378 e. The summed E-state index contributed by atoms with van der Waals surface area (Å²) in [4.78, 5) is 31.0. The highest BCUT2D eigenvalue weighted by atomic mass is 19.4. The maximum Gasteiger partial charge on any atom is 0.435 e. The van der Waals surface area contributed by atoms with Crippen molar-refractivity contribution in [1.29, 1.82) is 0 Å². The number of carbonyl (C=O) groups is 1. The van der Waals surface area contributed by atoms with Gasteiger partial charge >= 0.3 is 17.8 Å². The fraction of sp³-hybridized carbons (Fsp3) is 0.306. The van der Waals surface area contributed by atoms with Crippen molar-refractivity contribution < 1.29 is 40.6 Å². The van der Waals surface area contributed by atoms with Gasteiger partial charge in [-0.15, -0.1) is 0 Å². The second kappa shape index (κ2) is 12.3. The van der Waals surface area contributed by atoms with Crippen molar-refractivity contribution in [2.75, 3.05) is 0 Å². The topological polar surface area (TPSA) is 130 Å². The molecule has 0 unspecified atom stereocenters. The van der Waals surface area contributed by atoms with E-state index >= 15 is 8.78 Å². The van der Waals surface area contributed by atoms with Crippen molar-refractivity contribution in [1.82, 2.24) is 34.7 Å². The van der Waals surface area contributed by atoms with Gasteiger partial charge in [-0.25, -0.2) is 28.1 Å². The summed E-state index contributed by atoms with van der Waals surface area (Å²) in [6.07, 6.45) is -5.49. The average Bonchev–Trinajstić information content (AvgIpc) is 3.63. The molecule has 1 aromatic carbocycles. The molecule has 0 radical (unpaired) electrons. The van der Waals surface area contributed by atoms with Crippen LogP contribution in [0.1, 0.15) is 65.4 Å². The van der Waals surface area contributed by atoms with E-state index in [1.54, 1.807) is 19.1 Å². The zero-order chi connectivity index (χ0) is 38.2. The number of aromatic amines is 1. The fourth-order valence-electron chi connectivity index (χ4n) is 6.62. The number of alkyl halides is 5. The van der Waals surface area contributed by atoms with Crippen LogP contribution in [0, 0.1) is 48.2 Å². The van der Waals surface area contributed by atoms with Gasteiger partial charge in [0.25, 0.3) is 0 Å². The number of halogens is 7. The Labute approximate surface area is 295 Å². The maximum atomic E-state index is 15.4. The number of amides is 1. The number of hydrogen-bond acceptors (Lipinski definition) is 6. The highest BCUT2D eigenvalue weighted by Gasteiger charge is 2.62. The van der Waals surface area contributed by atoms with E-state index < -0.39 is 82.3 Å². The van der Waals surface area contributed by atoms with E-state index in [1.165, 1.54) is 30.4 Å². The first kappa shape index (κ1) is 35.5. The molecule has 53 heavy (non-hydrogen) atoms. The minimum Gasteiger partial charge on any atom is -0.378 e. The average molecular weight is 738 g/mol. The zero-order valence-corrected chi connectivity index (χ0v) is 27.8. The number of carbonyl (C=O) groups excluding carboxylic acids is 1. The summed E-state index contributed by atoms with van der Waals surface area (Å²) < 4.78 is 103. The summed E-state index contributed by atoms with van der Waals surface area (Å²) in [5, 5.41) is 22.5. The van der Waals surface area contributed by atoms with Crippen LogP contribution in [0.4, 0.5) is 30.7 Å². The van der Waals surface area contributed by atoms with Crippen molar-refractivity contribution in [2.45, 2.75) is 63.4 Å². The predicted molar refractivity (Wildman–Crippen MR) is 173 cm³/mol. The van der Waals surface area contributed by atoms with E-state index in [4.69, 9.17) is 0 Å². The molecule has 0 saturated heterocycles. The molecule has 1 amide bonds. The molecule has 2 aliphatic rings. The fourth-order valence-corrected chi connectivity index (χ4v) is 6.62. The summed E-state index contributed by atoms with van der Waals surface area (Å²) in [5.74, 6) is -0.0617. The minimum atomic E-state index is -5.13. The van der Waals surface area contributed by atoms with Crippen molar-refractivity contribution in [3.8, 4) is 34.8 Å². The van der Waals surface area contributed by atoms with E-state index in [-0.39, 0.29) is 34.6 Å².